The first-order valence-corrected chi connectivity index (χ1v) is 9.48. The molecule has 0 aliphatic rings. The zero-order valence-electron chi connectivity index (χ0n) is 15.1. The van der Waals surface area contributed by atoms with Crippen molar-refractivity contribution < 1.29 is 13.6 Å². The van der Waals surface area contributed by atoms with Gasteiger partial charge in [-0.2, -0.15) is 0 Å². The van der Waals surface area contributed by atoms with Crippen molar-refractivity contribution in [3.05, 3.63) is 77.4 Å². The van der Waals surface area contributed by atoms with Gasteiger partial charge in [-0.25, -0.2) is 4.39 Å². The maximum Gasteiger partial charge on any atom is 0.277 e. The fourth-order valence-electron chi connectivity index (χ4n) is 2.50. The molecule has 3 rings (SSSR count). The molecule has 0 fully saturated rings. The number of hydrogen-bond acceptors (Lipinski definition) is 5. The van der Waals surface area contributed by atoms with Gasteiger partial charge in [-0.05, 0) is 37.1 Å². The Balaban J connectivity index is 1.54. The minimum absolute atomic E-state index is 0.153. The van der Waals surface area contributed by atoms with Crippen LogP contribution in [0.3, 0.4) is 0 Å². The summed E-state index contributed by atoms with van der Waals surface area (Å²) in [5.74, 6) is 0.0551. The van der Waals surface area contributed by atoms with E-state index in [2.05, 4.69) is 15.5 Å². The number of amides is 1. The highest BCUT2D eigenvalue weighted by molar-refractivity contribution is 8.00. The number of rotatable bonds is 7. The second-order valence-electron chi connectivity index (χ2n) is 6.17. The molecule has 1 amide bonds. The smallest absolute Gasteiger partial charge is 0.277 e. The quantitative estimate of drug-likeness (QED) is 0.619. The monoisotopic (exact) mass is 385 g/mol. The van der Waals surface area contributed by atoms with E-state index in [0.717, 1.165) is 11.1 Å². The van der Waals surface area contributed by atoms with Crippen LogP contribution in [0.15, 0.2) is 64.2 Å². The van der Waals surface area contributed by atoms with Crippen LogP contribution in [0.2, 0.25) is 0 Å². The molecule has 0 aliphatic carbocycles. The van der Waals surface area contributed by atoms with Crippen molar-refractivity contribution in [3.63, 3.8) is 0 Å². The summed E-state index contributed by atoms with van der Waals surface area (Å²) in [6, 6.07) is 15.7. The van der Waals surface area contributed by atoms with Gasteiger partial charge in [-0.1, -0.05) is 54.2 Å². The van der Waals surface area contributed by atoms with Gasteiger partial charge < -0.3 is 9.73 Å². The summed E-state index contributed by atoms with van der Waals surface area (Å²) >= 11 is 1.21. The number of nitrogens with zero attached hydrogens (tertiary/aromatic N) is 2. The van der Waals surface area contributed by atoms with Crippen molar-refractivity contribution in [2.75, 3.05) is 0 Å². The zero-order valence-corrected chi connectivity index (χ0v) is 15.9. The Kier molecular flexibility index (Phi) is 6.24. The standard InChI is InChI=1S/C20H20FN3O2S/c1-13(16-8-10-17(21)11-9-16)22-19(25)14(2)27-20-24-23-18(26-20)12-15-6-4-3-5-7-15/h3-11,13-14H,12H2,1-2H3,(H,22,25)/t13-,14-/m0/s1. The Morgan fingerprint density at radius 1 is 1.11 bits per heavy atom. The lowest BCUT2D eigenvalue weighted by Crippen LogP contribution is -2.33. The second-order valence-corrected chi connectivity index (χ2v) is 7.46. The van der Waals surface area contributed by atoms with Crippen LogP contribution >= 0.6 is 11.8 Å². The predicted octanol–water partition coefficient (Wildman–Crippen LogP) is 4.16. The van der Waals surface area contributed by atoms with Crippen LogP contribution in [0.5, 0.6) is 0 Å². The van der Waals surface area contributed by atoms with Crippen LogP contribution in [0.1, 0.15) is 36.9 Å². The molecule has 7 heteroatoms. The normalized spacial score (nSPS) is 13.1. The highest BCUT2D eigenvalue weighted by Gasteiger charge is 2.20. The summed E-state index contributed by atoms with van der Waals surface area (Å²) in [5.41, 5.74) is 1.92. The maximum atomic E-state index is 13.0. The topological polar surface area (TPSA) is 68.0 Å². The molecule has 1 heterocycles. The summed E-state index contributed by atoms with van der Waals surface area (Å²) in [5, 5.41) is 10.9. The molecule has 0 saturated carbocycles. The molecule has 0 spiro atoms. The summed E-state index contributed by atoms with van der Waals surface area (Å²) in [6.45, 7) is 3.63. The van der Waals surface area contributed by atoms with Crippen molar-refractivity contribution in [3.8, 4) is 0 Å². The van der Waals surface area contributed by atoms with Crippen LogP contribution in [-0.4, -0.2) is 21.4 Å². The number of aromatic nitrogens is 2. The van der Waals surface area contributed by atoms with Crippen LogP contribution < -0.4 is 5.32 Å². The minimum atomic E-state index is -0.405. The maximum absolute atomic E-state index is 13.0. The van der Waals surface area contributed by atoms with Crippen molar-refractivity contribution in [2.24, 2.45) is 0 Å². The van der Waals surface area contributed by atoms with E-state index in [1.165, 1.54) is 23.9 Å². The molecule has 1 N–H and O–H groups in total. The average Bonchev–Trinajstić information content (AvgIpc) is 3.09. The number of thioether (sulfide) groups is 1. The third-order valence-corrected chi connectivity index (χ3v) is 4.96. The summed E-state index contributed by atoms with van der Waals surface area (Å²) in [4.78, 5) is 12.4. The van der Waals surface area contributed by atoms with Crippen LogP contribution in [0.25, 0.3) is 0 Å². The molecule has 0 radical (unpaired) electrons. The van der Waals surface area contributed by atoms with Crippen LogP contribution in [0.4, 0.5) is 4.39 Å². The predicted molar refractivity (Wildman–Crippen MR) is 102 cm³/mol. The van der Waals surface area contributed by atoms with Gasteiger partial charge in [-0.15, -0.1) is 10.2 Å². The van der Waals surface area contributed by atoms with Gasteiger partial charge in [0.15, 0.2) is 0 Å². The average molecular weight is 385 g/mol. The van der Waals surface area contributed by atoms with E-state index in [-0.39, 0.29) is 17.8 Å². The van der Waals surface area contributed by atoms with Crippen LogP contribution in [-0.2, 0) is 11.2 Å². The van der Waals surface area contributed by atoms with Gasteiger partial charge in [0.2, 0.25) is 11.8 Å². The van der Waals surface area contributed by atoms with Gasteiger partial charge in [0.05, 0.1) is 17.7 Å². The van der Waals surface area contributed by atoms with Gasteiger partial charge in [0.25, 0.3) is 5.22 Å². The highest BCUT2D eigenvalue weighted by Crippen LogP contribution is 2.23. The van der Waals surface area contributed by atoms with E-state index >= 15 is 0 Å². The first kappa shape index (κ1) is 19.1. The Morgan fingerprint density at radius 2 is 1.81 bits per heavy atom. The molecule has 2 aromatic carbocycles. The lowest BCUT2D eigenvalue weighted by Gasteiger charge is -2.16. The minimum Gasteiger partial charge on any atom is -0.416 e. The van der Waals surface area contributed by atoms with Crippen molar-refractivity contribution in [1.29, 1.82) is 0 Å². The zero-order chi connectivity index (χ0) is 19.2. The number of hydrogen-bond donors (Lipinski definition) is 1. The molecule has 140 valence electrons. The molecular formula is C20H20FN3O2S. The summed E-state index contributed by atoms with van der Waals surface area (Å²) < 4.78 is 18.6. The number of halogens is 1. The number of nitrogens with one attached hydrogen (secondary N) is 1. The molecule has 0 aliphatic heterocycles. The van der Waals surface area contributed by atoms with E-state index in [1.807, 2.05) is 37.3 Å². The van der Waals surface area contributed by atoms with Crippen molar-refractivity contribution in [2.45, 2.75) is 36.8 Å². The molecular weight excluding hydrogens is 365 g/mol. The third-order valence-electron chi connectivity index (χ3n) is 4.02. The first-order valence-electron chi connectivity index (χ1n) is 8.60. The van der Waals surface area contributed by atoms with Crippen molar-refractivity contribution >= 4 is 17.7 Å². The fraction of sp³-hybridized carbons (Fsp3) is 0.250. The highest BCUT2D eigenvalue weighted by atomic mass is 32.2. The number of carbonyl (C=O) groups excluding carboxylic acids is 1. The van der Waals surface area contributed by atoms with Crippen molar-refractivity contribution in [1.82, 2.24) is 15.5 Å². The molecule has 2 atom stereocenters. The third kappa shape index (κ3) is 5.40. The van der Waals surface area contributed by atoms with Crippen LogP contribution in [0, 0.1) is 5.82 Å². The summed E-state index contributed by atoms with van der Waals surface area (Å²) in [7, 11) is 0. The van der Waals surface area contributed by atoms with Gasteiger partial charge in [0.1, 0.15) is 5.82 Å². The Labute approximate surface area is 161 Å². The fourth-order valence-corrected chi connectivity index (χ4v) is 3.21. The van der Waals surface area contributed by atoms with E-state index in [4.69, 9.17) is 4.42 Å². The Bertz CT molecular complexity index is 884. The largest absolute Gasteiger partial charge is 0.416 e. The molecule has 5 nitrogen and oxygen atoms in total. The van der Waals surface area contributed by atoms with Gasteiger partial charge in [-0.3, -0.25) is 4.79 Å². The van der Waals surface area contributed by atoms with Gasteiger partial charge >= 0.3 is 0 Å². The van der Waals surface area contributed by atoms with Gasteiger partial charge in [0, 0.05) is 0 Å². The molecule has 0 unspecified atom stereocenters. The Morgan fingerprint density at radius 3 is 2.52 bits per heavy atom. The summed E-state index contributed by atoms with van der Waals surface area (Å²) in [6.07, 6.45) is 0.552. The lowest BCUT2D eigenvalue weighted by molar-refractivity contribution is -0.120. The van der Waals surface area contributed by atoms with E-state index in [0.29, 0.717) is 17.5 Å². The first-order chi connectivity index (χ1) is 13.0. The van der Waals surface area contributed by atoms with E-state index in [9.17, 15) is 9.18 Å². The van der Waals surface area contributed by atoms with E-state index < -0.39 is 5.25 Å². The molecule has 27 heavy (non-hydrogen) atoms. The number of benzene rings is 2. The lowest BCUT2D eigenvalue weighted by atomic mass is 10.1. The Hall–Kier alpha value is -2.67. The SMILES string of the molecule is C[C@H](Sc1nnc(Cc2ccccc2)o1)C(=O)N[C@@H](C)c1ccc(F)cc1. The molecule has 0 saturated heterocycles. The molecule has 1 aromatic heterocycles. The molecule has 3 aromatic rings. The molecule has 0 bridgehead atoms. The van der Waals surface area contributed by atoms with E-state index in [1.54, 1.807) is 19.1 Å². The number of carbonyl (C=O) groups is 1. The second kappa shape index (κ2) is 8.81.